The number of nitrogens with one attached hydrogen (secondary N) is 2. The Morgan fingerprint density at radius 3 is 2.40 bits per heavy atom. The van der Waals surface area contributed by atoms with Crippen LogP contribution in [0.25, 0.3) is 0 Å². The highest BCUT2D eigenvalue weighted by molar-refractivity contribution is 6.07. The van der Waals surface area contributed by atoms with E-state index in [2.05, 4.69) is 10.6 Å². The number of carbonyl (C=O) groups is 2. The summed E-state index contributed by atoms with van der Waals surface area (Å²) in [6.07, 6.45) is 0. The van der Waals surface area contributed by atoms with E-state index in [1.54, 1.807) is 6.92 Å². The fourth-order valence-electron chi connectivity index (χ4n) is 1.87. The molecule has 4 heteroatoms. The van der Waals surface area contributed by atoms with E-state index in [0.29, 0.717) is 0 Å². The van der Waals surface area contributed by atoms with Gasteiger partial charge in [0.2, 0.25) is 0 Å². The van der Waals surface area contributed by atoms with Crippen LogP contribution in [0.3, 0.4) is 0 Å². The van der Waals surface area contributed by atoms with Crippen LogP contribution >= 0.6 is 0 Å². The maximum absolute atomic E-state index is 11.7. The largest absolute Gasteiger partial charge is 0.322 e. The smallest absolute Gasteiger partial charge is 0.320 e. The fourth-order valence-corrected chi connectivity index (χ4v) is 1.87. The zero-order chi connectivity index (χ0) is 11.1. The average Bonchev–Trinajstić information content (AvgIpc) is 2.42. The Morgan fingerprint density at radius 2 is 1.87 bits per heavy atom. The van der Waals surface area contributed by atoms with E-state index in [1.807, 2.05) is 31.2 Å². The molecule has 1 aromatic rings. The van der Waals surface area contributed by atoms with Crippen molar-refractivity contribution in [3.8, 4) is 0 Å². The van der Waals surface area contributed by atoms with Gasteiger partial charge >= 0.3 is 6.03 Å². The van der Waals surface area contributed by atoms with Crippen molar-refractivity contribution in [2.45, 2.75) is 19.4 Å². The van der Waals surface area contributed by atoms with Crippen molar-refractivity contribution < 1.29 is 9.59 Å². The van der Waals surface area contributed by atoms with Crippen molar-refractivity contribution >= 4 is 11.9 Å². The number of benzene rings is 1. The molecule has 4 nitrogen and oxygen atoms in total. The number of urea groups is 1. The van der Waals surface area contributed by atoms with E-state index < -0.39 is 11.6 Å². The number of aryl methyl sites for hydroxylation is 1. The van der Waals surface area contributed by atoms with Crippen molar-refractivity contribution in [3.63, 3.8) is 0 Å². The van der Waals surface area contributed by atoms with Gasteiger partial charge in [-0.3, -0.25) is 10.1 Å². The quantitative estimate of drug-likeness (QED) is 0.672. The van der Waals surface area contributed by atoms with E-state index in [-0.39, 0.29) is 5.91 Å². The summed E-state index contributed by atoms with van der Waals surface area (Å²) >= 11 is 0. The molecule has 1 atom stereocenters. The Bertz CT molecular complexity index is 442. The summed E-state index contributed by atoms with van der Waals surface area (Å²) in [6, 6.07) is 7.08. The third-order valence-corrected chi connectivity index (χ3v) is 2.73. The molecule has 1 aromatic carbocycles. The van der Waals surface area contributed by atoms with Gasteiger partial charge in [0.25, 0.3) is 5.91 Å². The molecular formula is C11H12N2O2. The van der Waals surface area contributed by atoms with E-state index in [0.717, 1.165) is 11.1 Å². The first kappa shape index (κ1) is 9.71. The Hall–Kier alpha value is -1.84. The van der Waals surface area contributed by atoms with Gasteiger partial charge < -0.3 is 5.32 Å². The molecule has 1 aliphatic heterocycles. The molecule has 0 aromatic heterocycles. The molecule has 1 heterocycles. The molecular weight excluding hydrogens is 192 g/mol. The van der Waals surface area contributed by atoms with Gasteiger partial charge in [0, 0.05) is 0 Å². The topological polar surface area (TPSA) is 58.2 Å². The first-order valence-corrected chi connectivity index (χ1v) is 4.74. The van der Waals surface area contributed by atoms with Gasteiger partial charge in [0.1, 0.15) is 5.54 Å². The molecule has 0 bridgehead atoms. The third-order valence-electron chi connectivity index (χ3n) is 2.73. The molecule has 1 saturated heterocycles. The summed E-state index contributed by atoms with van der Waals surface area (Å²) in [6.45, 7) is 3.62. The van der Waals surface area contributed by atoms with Crippen molar-refractivity contribution in [2.24, 2.45) is 0 Å². The van der Waals surface area contributed by atoms with Crippen molar-refractivity contribution in [2.75, 3.05) is 0 Å². The second-order valence-electron chi connectivity index (χ2n) is 3.85. The van der Waals surface area contributed by atoms with Crippen molar-refractivity contribution in [1.82, 2.24) is 10.6 Å². The number of amides is 3. The van der Waals surface area contributed by atoms with Crippen LogP contribution in [0.2, 0.25) is 0 Å². The average molecular weight is 204 g/mol. The van der Waals surface area contributed by atoms with Gasteiger partial charge in [-0.05, 0) is 25.0 Å². The van der Waals surface area contributed by atoms with Crippen LogP contribution in [-0.2, 0) is 10.3 Å². The van der Waals surface area contributed by atoms with E-state index in [1.165, 1.54) is 0 Å². The lowest BCUT2D eigenvalue weighted by atomic mass is 9.89. The minimum Gasteiger partial charge on any atom is -0.320 e. The first-order valence-electron chi connectivity index (χ1n) is 4.74. The molecule has 0 unspecified atom stereocenters. The second-order valence-corrected chi connectivity index (χ2v) is 3.85. The molecule has 1 fully saturated rings. The Balaban J connectivity index is 2.51. The van der Waals surface area contributed by atoms with Gasteiger partial charge in [-0.2, -0.15) is 0 Å². The summed E-state index contributed by atoms with van der Waals surface area (Å²) in [5.74, 6) is -0.304. The highest BCUT2D eigenvalue weighted by Gasteiger charge is 2.43. The number of carbonyl (C=O) groups excluding carboxylic acids is 2. The van der Waals surface area contributed by atoms with Crippen LogP contribution in [0, 0.1) is 6.92 Å². The van der Waals surface area contributed by atoms with Crippen LogP contribution in [-0.4, -0.2) is 11.9 Å². The van der Waals surface area contributed by atoms with E-state index >= 15 is 0 Å². The normalized spacial score (nSPS) is 24.9. The third kappa shape index (κ3) is 1.38. The minimum absolute atomic E-state index is 0.304. The lowest BCUT2D eigenvalue weighted by Crippen LogP contribution is -2.41. The van der Waals surface area contributed by atoms with Gasteiger partial charge in [-0.25, -0.2) is 4.79 Å². The van der Waals surface area contributed by atoms with Crippen LogP contribution in [0.5, 0.6) is 0 Å². The molecule has 2 rings (SSSR count). The molecule has 1 aliphatic rings. The van der Waals surface area contributed by atoms with Gasteiger partial charge in [0.15, 0.2) is 0 Å². The second kappa shape index (κ2) is 3.08. The molecule has 0 aliphatic carbocycles. The van der Waals surface area contributed by atoms with Crippen LogP contribution in [0.15, 0.2) is 24.3 Å². The summed E-state index contributed by atoms with van der Waals surface area (Å²) in [7, 11) is 0. The Labute approximate surface area is 87.7 Å². The van der Waals surface area contributed by atoms with E-state index in [4.69, 9.17) is 0 Å². The summed E-state index contributed by atoms with van der Waals surface area (Å²) in [5.41, 5.74) is 0.869. The number of rotatable bonds is 1. The predicted molar refractivity (Wildman–Crippen MR) is 55.2 cm³/mol. The van der Waals surface area contributed by atoms with Crippen LogP contribution < -0.4 is 10.6 Å². The molecule has 78 valence electrons. The van der Waals surface area contributed by atoms with Gasteiger partial charge in [0.05, 0.1) is 0 Å². The first-order chi connectivity index (χ1) is 7.04. The molecule has 2 N–H and O–H groups in total. The lowest BCUT2D eigenvalue weighted by Gasteiger charge is -2.22. The maximum atomic E-state index is 11.7. The molecule has 3 amide bonds. The molecule has 0 spiro atoms. The van der Waals surface area contributed by atoms with Crippen molar-refractivity contribution in [1.29, 1.82) is 0 Å². The monoisotopic (exact) mass is 204 g/mol. The Kier molecular flexibility index (Phi) is 2.00. The highest BCUT2D eigenvalue weighted by Crippen LogP contribution is 2.26. The SMILES string of the molecule is Cc1ccccc1[C@@]1(C)NC(=O)NC1=O. The van der Waals surface area contributed by atoms with Gasteiger partial charge in [-0.1, -0.05) is 24.3 Å². The minimum atomic E-state index is -0.942. The van der Waals surface area contributed by atoms with Gasteiger partial charge in [-0.15, -0.1) is 0 Å². The number of imide groups is 1. The highest BCUT2D eigenvalue weighted by atomic mass is 16.2. The standard InChI is InChI=1S/C11H12N2O2/c1-7-5-3-4-6-8(7)11(2)9(14)12-10(15)13-11/h3-6H,1-2H3,(H2,12,13,14,15)/t11-/m1/s1. The maximum Gasteiger partial charge on any atom is 0.322 e. The predicted octanol–water partition coefficient (Wildman–Crippen LogP) is 1.05. The van der Waals surface area contributed by atoms with Crippen molar-refractivity contribution in [3.05, 3.63) is 35.4 Å². The lowest BCUT2D eigenvalue weighted by molar-refractivity contribution is -0.123. The molecule has 0 saturated carbocycles. The zero-order valence-electron chi connectivity index (χ0n) is 8.63. The summed E-state index contributed by atoms with van der Waals surface area (Å²) in [4.78, 5) is 22.8. The summed E-state index contributed by atoms with van der Waals surface area (Å²) in [5, 5.41) is 4.88. The number of hydrogen-bond donors (Lipinski definition) is 2. The summed E-state index contributed by atoms with van der Waals surface area (Å²) < 4.78 is 0. The van der Waals surface area contributed by atoms with E-state index in [9.17, 15) is 9.59 Å². The van der Waals surface area contributed by atoms with Crippen LogP contribution in [0.1, 0.15) is 18.1 Å². The fraction of sp³-hybridized carbons (Fsp3) is 0.273. The zero-order valence-corrected chi connectivity index (χ0v) is 8.63. The Morgan fingerprint density at radius 1 is 1.20 bits per heavy atom. The molecule has 15 heavy (non-hydrogen) atoms. The molecule has 0 radical (unpaired) electrons. The number of hydrogen-bond acceptors (Lipinski definition) is 2. The van der Waals surface area contributed by atoms with Crippen LogP contribution in [0.4, 0.5) is 4.79 Å².